The summed E-state index contributed by atoms with van der Waals surface area (Å²) < 4.78 is 0. The van der Waals surface area contributed by atoms with Gasteiger partial charge in [0.05, 0.1) is 6.10 Å². The third-order valence-electron chi connectivity index (χ3n) is 11.0. The van der Waals surface area contributed by atoms with Gasteiger partial charge in [0.1, 0.15) is 0 Å². The number of allylic oxidation sites excluding steroid dienone is 4. The quantitative estimate of drug-likeness (QED) is 0.486. The lowest BCUT2D eigenvalue weighted by Crippen LogP contribution is -2.50. The van der Waals surface area contributed by atoms with Crippen molar-refractivity contribution in [3.05, 3.63) is 23.3 Å². The van der Waals surface area contributed by atoms with Crippen LogP contribution in [0.1, 0.15) is 106 Å². The van der Waals surface area contributed by atoms with E-state index in [1.54, 1.807) is 11.1 Å². The molecular weight excluding hydrogens is 364 g/mol. The zero-order chi connectivity index (χ0) is 21.9. The second-order valence-corrected chi connectivity index (χ2v) is 12.9. The smallest absolute Gasteiger partial charge is 0.0569 e. The van der Waals surface area contributed by atoms with Crippen LogP contribution in [0.5, 0.6) is 0 Å². The third kappa shape index (κ3) is 3.20. The minimum absolute atomic E-state index is 0.106. The second-order valence-electron chi connectivity index (χ2n) is 12.9. The molecule has 1 N–H and O–H groups in total. The van der Waals surface area contributed by atoms with Crippen LogP contribution in [0.2, 0.25) is 0 Å². The van der Waals surface area contributed by atoms with Crippen LogP contribution in [-0.4, -0.2) is 11.2 Å². The number of rotatable bonds is 5. The summed E-state index contributed by atoms with van der Waals surface area (Å²) in [6.45, 7) is 17.4. The Balaban J connectivity index is 1.61. The molecule has 2 fully saturated rings. The summed E-state index contributed by atoms with van der Waals surface area (Å²) in [6.07, 6.45) is 16.7. The molecule has 4 aliphatic carbocycles. The lowest BCUT2D eigenvalue weighted by molar-refractivity contribution is -0.0247. The summed E-state index contributed by atoms with van der Waals surface area (Å²) >= 11 is 0. The Hall–Kier alpha value is -0.560. The summed E-state index contributed by atoms with van der Waals surface area (Å²) in [5.41, 5.74) is 4.42. The highest BCUT2D eigenvalue weighted by Gasteiger charge is 2.61. The first-order valence-corrected chi connectivity index (χ1v) is 13.1. The van der Waals surface area contributed by atoms with Gasteiger partial charge in [-0.05, 0) is 95.5 Å². The van der Waals surface area contributed by atoms with Gasteiger partial charge in [0, 0.05) is 0 Å². The first-order chi connectivity index (χ1) is 14.0. The van der Waals surface area contributed by atoms with Crippen LogP contribution >= 0.6 is 0 Å². The van der Waals surface area contributed by atoms with Crippen molar-refractivity contribution >= 4 is 0 Å². The van der Waals surface area contributed by atoms with Crippen LogP contribution < -0.4 is 0 Å². The van der Waals surface area contributed by atoms with Crippen LogP contribution in [0.3, 0.4) is 0 Å². The number of hydrogen-bond acceptors (Lipinski definition) is 1. The molecule has 1 nitrogen and oxygen atoms in total. The van der Waals surface area contributed by atoms with E-state index < -0.39 is 0 Å². The summed E-state index contributed by atoms with van der Waals surface area (Å²) in [5, 5.41) is 10.5. The van der Waals surface area contributed by atoms with Gasteiger partial charge in [-0.3, -0.25) is 0 Å². The Morgan fingerprint density at radius 2 is 1.73 bits per heavy atom. The molecule has 0 aromatic heterocycles. The number of aliphatic hydroxyl groups excluding tert-OH is 1. The first-order valence-electron chi connectivity index (χ1n) is 13.1. The van der Waals surface area contributed by atoms with E-state index in [0.29, 0.717) is 22.7 Å². The first kappa shape index (κ1) is 22.6. The fraction of sp³-hybridized carbons (Fsp3) is 0.862. The van der Waals surface area contributed by atoms with Crippen molar-refractivity contribution in [2.75, 3.05) is 0 Å². The van der Waals surface area contributed by atoms with E-state index in [1.807, 2.05) is 0 Å². The van der Waals surface area contributed by atoms with Gasteiger partial charge < -0.3 is 5.11 Å². The highest BCUT2D eigenvalue weighted by atomic mass is 16.3. The van der Waals surface area contributed by atoms with Crippen molar-refractivity contribution in [1.29, 1.82) is 0 Å². The van der Waals surface area contributed by atoms with Gasteiger partial charge >= 0.3 is 0 Å². The van der Waals surface area contributed by atoms with Gasteiger partial charge in [0.15, 0.2) is 0 Å². The van der Waals surface area contributed by atoms with E-state index in [0.717, 1.165) is 30.6 Å². The largest absolute Gasteiger partial charge is 0.393 e. The molecule has 0 bridgehead atoms. The average molecular weight is 413 g/mol. The zero-order valence-electron chi connectivity index (χ0n) is 20.9. The molecule has 0 spiro atoms. The van der Waals surface area contributed by atoms with Crippen molar-refractivity contribution in [2.45, 2.75) is 112 Å². The fourth-order valence-electron chi connectivity index (χ4n) is 8.63. The molecule has 4 aliphatic rings. The minimum Gasteiger partial charge on any atom is -0.393 e. The van der Waals surface area contributed by atoms with Crippen LogP contribution in [-0.2, 0) is 0 Å². The van der Waals surface area contributed by atoms with E-state index in [2.05, 4.69) is 60.6 Å². The van der Waals surface area contributed by atoms with Gasteiger partial charge in [-0.15, -0.1) is 0 Å². The van der Waals surface area contributed by atoms with E-state index in [4.69, 9.17) is 0 Å². The topological polar surface area (TPSA) is 20.2 Å². The van der Waals surface area contributed by atoms with Crippen molar-refractivity contribution in [1.82, 2.24) is 0 Å². The molecule has 170 valence electrons. The summed E-state index contributed by atoms with van der Waals surface area (Å²) in [6, 6.07) is 0. The van der Waals surface area contributed by atoms with E-state index in [1.165, 1.54) is 44.9 Å². The number of hydrogen-bond donors (Lipinski definition) is 1. The lowest BCUT2D eigenvalue weighted by atomic mass is 9.46. The number of fused-ring (bicyclic) bond motifs is 5. The predicted octanol–water partition coefficient (Wildman–Crippen LogP) is 7.94. The Morgan fingerprint density at radius 1 is 1.00 bits per heavy atom. The van der Waals surface area contributed by atoms with Crippen molar-refractivity contribution in [2.24, 2.45) is 45.8 Å². The maximum atomic E-state index is 10.5. The molecule has 0 saturated heterocycles. The molecule has 0 amide bonds. The van der Waals surface area contributed by atoms with E-state index in [9.17, 15) is 5.11 Å². The highest BCUT2D eigenvalue weighted by Crippen LogP contribution is 2.70. The Kier molecular flexibility index (Phi) is 5.87. The highest BCUT2D eigenvalue weighted by molar-refractivity contribution is 5.49. The fourth-order valence-corrected chi connectivity index (χ4v) is 8.63. The molecular formula is C29H48O. The Bertz CT molecular complexity index is 716. The molecule has 0 unspecified atom stereocenters. The van der Waals surface area contributed by atoms with Crippen molar-refractivity contribution in [3.63, 3.8) is 0 Å². The van der Waals surface area contributed by atoms with E-state index in [-0.39, 0.29) is 11.5 Å². The van der Waals surface area contributed by atoms with Gasteiger partial charge in [-0.1, -0.05) is 79.9 Å². The maximum absolute atomic E-state index is 10.5. The molecule has 1 heteroatoms. The molecule has 8 atom stereocenters. The molecule has 2 saturated carbocycles. The standard InChI is InChI=1S/C29H48O/c1-19(2)9-8-10-20(3)22-13-17-29(7)25-12-11-23-21(4)26(30)15-16-27(23,5)24(25)14-18-28(22,29)6/h12,14,19-23,26,30H,8-11,13,15-18H2,1-7H3/t20-,21-,22+,23-,26-,27-,28+,29-/m0/s1. The molecule has 4 rings (SSSR count). The third-order valence-corrected chi connectivity index (χ3v) is 11.0. The predicted molar refractivity (Wildman–Crippen MR) is 128 cm³/mol. The van der Waals surface area contributed by atoms with Gasteiger partial charge in [-0.2, -0.15) is 0 Å². The molecule has 0 heterocycles. The molecule has 0 aliphatic heterocycles. The monoisotopic (exact) mass is 412 g/mol. The second kappa shape index (κ2) is 7.79. The molecule has 30 heavy (non-hydrogen) atoms. The minimum atomic E-state index is -0.106. The van der Waals surface area contributed by atoms with Gasteiger partial charge in [-0.25, -0.2) is 0 Å². The van der Waals surface area contributed by atoms with Gasteiger partial charge in [0.25, 0.3) is 0 Å². The zero-order valence-corrected chi connectivity index (χ0v) is 20.9. The SMILES string of the molecule is CC(C)CCC[C@H](C)[C@H]1CC[C@@]2(C)C3=CC[C@H]4[C@H](C)[C@@H](O)CC[C@]4(C)C3=CC[C@]12C. The number of aliphatic hydroxyl groups is 1. The average Bonchev–Trinajstić information content (AvgIpc) is 2.96. The molecule has 0 radical (unpaired) electrons. The van der Waals surface area contributed by atoms with Gasteiger partial charge in [0.2, 0.25) is 0 Å². The van der Waals surface area contributed by atoms with Crippen LogP contribution in [0, 0.1) is 45.8 Å². The maximum Gasteiger partial charge on any atom is 0.0569 e. The lowest BCUT2D eigenvalue weighted by Gasteiger charge is -2.58. The normalized spacial score (nSPS) is 46.6. The molecule has 0 aromatic rings. The van der Waals surface area contributed by atoms with Crippen LogP contribution in [0.25, 0.3) is 0 Å². The Labute approximate surface area is 186 Å². The Morgan fingerprint density at radius 3 is 2.43 bits per heavy atom. The molecule has 0 aromatic carbocycles. The van der Waals surface area contributed by atoms with Crippen LogP contribution in [0.4, 0.5) is 0 Å². The summed E-state index contributed by atoms with van der Waals surface area (Å²) in [4.78, 5) is 0. The summed E-state index contributed by atoms with van der Waals surface area (Å²) in [7, 11) is 0. The summed E-state index contributed by atoms with van der Waals surface area (Å²) in [5.74, 6) is 3.55. The van der Waals surface area contributed by atoms with Crippen molar-refractivity contribution < 1.29 is 5.11 Å². The van der Waals surface area contributed by atoms with Crippen LogP contribution in [0.15, 0.2) is 23.3 Å². The van der Waals surface area contributed by atoms with Crippen molar-refractivity contribution in [3.8, 4) is 0 Å². The van der Waals surface area contributed by atoms with E-state index >= 15 is 0 Å².